The van der Waals surface area contributed by atoms with E-state index in [2.05, 4.69) is 18.3 Å². The molecule has 2 rings (SSSR count). The molecule has 2 aliphatic heterocycles. The Balaban J connectivity index is 1.79. The number of allylic oxidation sites excluding steroid dienone is 1. The summed E-state index contributed by atoms with van der Waals surface area (Å²) in [5, 5.41) is 3.54. The van der Waals surface area contributed by atoms with Crippen molar-refractivity contribution in [2.24, 2.45) is 0 Å². The summed E-state index contributed by atoms with van der Waals surface area (Å²) in [6.07, 6.45) is 11.1. The van der Waals surface area contributed by atoms with Crippen LogP contribution in [0, 0.1) is 0 Å². The minimum absolute atomic E-state index is 0.390. The predicted octanol–water partition coefficient (Wildman–Crippen LogP) is 3.01. The lowest BCUT2D eigenvalue weighted by atomic mass is 9.99. The second-order valence-electron chi connectivity index (χ2n) is 5.27. The molecule has 18 heavy (non-hydrogen) atoms. The lowest BCUT2D eigenvalue weighted by molar-refractivity contribution is 0.00800. The third-order valence-corrected chi connectivity index (χ3v) is 3.81. The van der Waals surface area contributed by atoms with Crippen molar-refractivity contribution in [2.75, 3.05) is 19.8 Å². The van der Waals surface area contributed by atoms with Crippen LogP contribution in [0.5, 0.6) is 0 Å². The quantitative estimate of drug-likeness (QED) is 0.789. The summed E-state index contributed by atoms with van der Waals surface area (Å²) in [6, 6.07) is 0.390. The number of rotatable bonds is 6. The molecule has 2 heterocycles. The van der Waals surface area contributed by atoms with Crippen LogP contribution >= 0.6 is 0 Å². The lowest BCUT2D eigenvalue weighted by Gasteiger charge is -2.27. The van der Waals surface area contributed by atoms with Gasteiger partial charge < -0.3 is 14.8 Å². The highest BCUT2D eigenvalue weighted by Gasteiger charge is 2.20. The van der Waals surface area contributed by atoms with E-state index in [0.717, 1.165) is 45.4 Å². The van der Waals surface area contributed by atoms with Crippen LogP contribution < -0.4 is 5.32 Å². The molecule has 0 spiro atoms. The Morgan fingerprint density at radius 3 is 2.94 bits per heavy atom. The van der Waals surface area contributed by atoms with Gasteiger partial charge in [-0.1, -0.05) is 6.92 Å². The third-order valence-electron chi connectivity index (χ3n) is 3.81. The van der Waals surface area contributed by atoms with Gasteiger partial charge >= 0.3 is 0 Å². The summed E-state index contributed by atoms with van der Waals surface area (Å²) < 4.78 is 11.6. The first-order valence-electron chi connectivity index (χ1n) is 7.58. The fourth-order valence-electron chi connectivity index (χ4n) is 2.80. The molecule has 0 aromatic rings. The van der Waals surface area contributed by atoms with Crippen LogP contribution in [0.2, 0.25) is 0 Å². The van der Waals surface area contributed by atoms with Crippen molar-refractivity contribution in [2.45, 2.75) is 64.0 Å². The third kappa shape index (κ3) is 4.29. The summed E-state index contributed by atoms with van der Waals surface area (Å²) in [6.45, 7) is 4.99. The molecule has 3 heteroatoms. The molecule has 2 atom stereocenters. The van der Waals surface area contributed by atoms with Crippen LogP contribution in [0.15, 0.2) is 11.8 Å². The van der Waals surface area contributed by atoms with Crippen LogP contribution in [0.25, 0.3) is 0 Å². The number of hydrogen-bond acceptors (Lipinski definition) is 3. The fraction of sp³-hybridized carbons (Fsp3) is 0.867. The Bertz CT molecular complexity index is 259. The van der Waals surface area contributed by atoms with Crippen LogP contribution in [0.3, 0.4) is 0 Å². The van der Waals surface area contributed by atoms with E-state index in [1.807, 2.05) is 0 Å². The Morgan fingerprint density at radius 1 is 1.33 bits per heavy atom. The second kappa shape index (κ2) is 7.80. The molecule has 1 fully saturated rings. The zero-order chi connectivity index (χ0) is 12.6. The normalized spacial score (nSPS) is 26.3. The topological polar surface area (TPSA) is 30.5 Å². The van der Waals surface area contributed by atoms with Gasteiger partial charge in [-0.2, -0.15) is 0 Å². The van der Waals surface area contributed by atoms with Gasteiger partial charge in [-0.05, 0) is 57.6 Å². The smallest absolute Gasteiger partial charge is 0.109 e. The SMILES string of the molecule is CCNC(CCC1CCCCO1)C1=CCCCO1. The van der Waals surface area contributed by atoms with E-state index < -0.39 is 0 Å². The van der Waals surface area contributed by atoms with Crippen LogP contribution in [-0.4, -0.2) is 31.9 Å². The van der Waals surface area contributed by atoms with Gasteiger partial charge in [0, 0.05) is 6.61 Å². The largest absolute Gasteiger partial charge is 0.497 e. The van der Waals surface area contributed by atoms with Gasteiger partial charge in [0.15, 0.2) is 0 Å². The van der Waals surface area contributed by atoms with Crippen molar-refractivity contribution in [1.82, 2.24) is 5.32 Å². The molecule has 2 aliphatic rings. The zero-order valence-electron chi connectivity index (χ0n) is 11.6. The molecule has 104 valence electrons. The Labute approximate surface area is 111 Å². The summed E-state index contributed by atoms with van der Waals surface area (Å²) in [7, 11) is 0. The molecule has 0 aliphatic carbocycles. The van der Waals surface area contributed by atoms with E-state index in [1.54, 1.807) is 0 Å². The molecule has 1 saturated heterocycles. The summed E-state index contributed by atoms with van der Waals surface area (Å²) >= 11 is 0. The molecule has 0 aromatic heterocycles. The van der Waals surface area contributed by atoms with Crippen molar-refractivity contribution < 1.29 is 9.47 Å². The van der Waals surface area contributed by atoms with E-state index in [-0.39, 0.29) is 0 Å². The lowest BCUT2D eigenvalue weighted by Crippen LogP contribution is -2.34. The average Bonchev–Trinajstić information content (AvgIpc) is 2.45. The first-order chi connectivity index (χ1) is 8.90. The molecule has 0 amide bonds. The zero-order valence-corrected chi connectivity index (χ0v) is 11.6. The van der Waals surface area contributed by atoms with Gasteiger partial charge in [-0.15, -0.1) is 0 Å². The van der Waals surface area contributed by atoms with Crippen LogP contribution in [0.1, 0.15) is 51.9 Å². The molecular weight excluding hydrogens is 226 g/mol. The average molecular weight is 253 g/mol. The van der Waals surface area contributed by atoms with Gasteiger partial charge in [0.25, 0.3) is 0 Å². The molecule has 0 saturated carbocycles. The molecular formula is C15H27NO2. The first kappa shape index (κ1) is 13.9. The molecule has 2 unspecified atom stereocenters. The Morgan fingerprint density at radius 2 is 2.28 bits per heavy atom. The van der Waals surface area contributed by atoms with Crippen molar-refractivity contribution >= 4 is 0 Å². The summed E-state index contributed by atoms with van der Waals surface area (Å²) in [5.41, 5.74) is 0. The summed E-state index contributed by atoms with van der Waals surface area (Å²) in [4.78, 5) is 0. The van der Waals surface area contributed by atoms with Gasteiger partial charge in [-0.25, -0.2) is 0 Å². The number of nitrogens with one attached hydrogen (secondary N) is 1. The molecule has 3 nitrogen and oxygen atoms in total. The van der Waals surface area contributed by atoms with Gasteiger partial charge in [-0.3, -0.25) is 0 Å². The van der Waals surface area contributed by atoms with E-state index in [1.165, 1.54) is 25.0 Å². The Kier molecular flexibility index (Phi) is 6.01. The van der Waals surface area contributed by atoms with Crippen molar-refractivity contribution in [3.05, 3.63) is 11.8 Å². The van der Waals surface area contributed by atoms with Crippen LogP contribution in [-0.2, 0) is 9.47 Å². The van der Waals surface area contributed by atoms with E-state index in [0.29, 0.717) is 12.1 Å². The predicted molar refractivity (Wildman–Crippen MR) is 73.6 cm³/mol. The van der Waals surface area contributed by atoms with Crippen molar-refractivity contribution in [1.29, 1.82) is 0 Å². The minimum atomic E-state index is 0.390. The molecule has 0 radical (unpaired) electrons. The monoisotopic (exact) mass is 253 g/mol. The maximum atomic E-state index is 5.81. The summed E-state index contributed by atoms with van der Waals surface area (Å²) in [5.74, 6) is 1.17. The van der Waals surface area contributed by atoms with Crippen LogP contribution in [0.4, 0.5) is 0 Å². The number of likely N-dealkylation sites (N-methyl/N-ethyl adjacent to an activating group) is 1. The number of ether oxygens (including phenoxy) is 2. The molecule has 0 aromatic carbocycles. The highest BCUT2D eigenvalue weighted by atomic mass is 16.5. The molecule has 0 bridgehead atoms. The minimum Gasteiger partial charge on any atom is -0.497 e. The maximum Gasteiger partial charge on any atom is 0.109 e. The van der Waals surface area contributed by atoms with Crippen molar-refractivity contribution in [3.63, 3.8) is 0 Å². The van der Waals surface area contributed by atoms with E-state index >= 15 is 0 Å². The van der Waals surface area contributed by atoms with Gasteiger partial charge in [0.1, 0.15) is 5.76 Å². The first-order valence-corrected chi connectivity index (χ1v) is 7.58. The molecule has 1 N–H and O–H groups in total. The fourth-order valence-corrected chi connectivity index (χ4v) is 2.80. The van der Waals surface area contributed by atoms with E-state index in [4.69, 9.17) is 9.47 Å². The maximum absolute atomic E-state index is 5.81. The highest BCUT2D eigenvalue weighted by molar-refractivity contribution is 5.05. The number of hydrogen-bond donors (Lipinski definition) is 1. The standard InChI is InChI=1S/C15H27NO2/c1-2-16-14(15-8-4-6-12-18-15)10-9-13-7-3-5-11-17-13/h8,13-14,16H,2-7,9-12H2,1H3. The van der Waals surface area contributed by atoms with E-state index in [9.17, 15) is 0 Å². The Hall–Kier alpha value is -0.540. The second-order valence-corrected chi connectivity index (χ2v) is 5.27. The van der Waals surface area contributed by atoms with Crippen molar-refractivity contribution in [3.8, 4) is 0 Å². The van der Waals surface area contributed by atoms with Gasteiger partial charge in [0.05, 0.1) is 18.8 Å². The highest BCUT2D eigenvalue weighted by Crippen LogP contribution is 2.22. The van der Waals surface area contributed by atoms with Gasteiger partial charge in [0.2, 0.25) is 0 Å².